The summed E-state index contributed by atoms with van der Waals surface area (Å²) < 4.78 is 5.36. The molecule has 0 aliphatic heterocycles. The van der Waals surface area contributed by atoms with Crippen LogP contribution in [-0.2, 0) is 0 Å². The monoisotopic (exact) mass is 241 g/mol. The van der Waals surface area contributed by atoms with Crippen molar-refractivity contribution >= 4 is 16.9 Å². The van der Waals surface area contributed by atoms with Crippen LogP contribution in [0.5, 0.6) is 5.75 Å². The van der Waals surface area contributed by atoms with E-state index in [2.05, 4.69) is 20.2 Å². The van der Waals surface area contributed by atoms with Crippen molar-refractivity contribution in [3.8, 4) is 17.0 Å². The number of methoxy groups -OCH3 is 1. The second kappa shape index (κ2) is 3.99. The fraction of sp³-hybridized carbons (Fsp3) is 0.0833. The average Bonchev–Trinajstić information content (AvgIpc) is 2.82. The second-order valence-corrected chi connectivity index (χ2v) is 3.78. The number of ether oxygens (including phenoxy) is 1. The summed E-state index contributed by atoms with van der Waals surface area (Å²) in [6.45, 7) is 0. The predicted octanol–water partition coefficient (Wildman–Crippen LogP) is 1.61. The zero-order chi connectivity index (χ0) is 12.5. The molecule has 0 saturated heterocycles. The molecule has 3 N–H and O–H groups in total. The molecule has 2 aromatic heterocycles. The lowest BCUT2D eigenvalue weighted by Crippen LogP contribution is -1.97. The Balaban J connectivity index is 2.30. The molecule has 0 spiro atoms. The summed E-state index contributed by atoms with van der Waals surface area (Å²) in [4.78, 5) is 7.34. The maximum Gasteiger partial charge on any atom is 0.240 e. The Morgan fingerprint density at radius 3 is 3.00 bits per heavy atom. The van der Waals surface area contributed by atoms with Gasteiger partial charge >= 0.3 is 0 Å². The first kappa shape index (κ1) is 10.5. The zero-order valence-corrected chi connectivity index (χ0v) is 9.71. The molecule has 6 nitrogen and oxygen atoms in total. The molecule has 2 heterocycles. The largest absolute Gasteiger partial charge is 0.496 e. The van der Waals surface area contributed by atoms with Gasteiger partial charge in [0.1, 0.15) is 5.75 Å². The van der Waals surface area contributed by atoms with Gasteiger partial charge in [0, 0.05) is 17.3 Å². The highest BCUT2D eigenvalue weighted by atomic mass is 16.5. The lowest BCUT2D eigenvalue weighted by atomic mass is 10.1. The molecular formula is C12H11N5O. The molecule has 1 aromatic carbocycles. The highest BCUT2D eigenvalue weighted by molar-refractivity contribution is 5.99. The number of anilines is 1. The molecule has 0 aliphatic rings. The summed E-state index contributed by atoms with van der Waals surface area (Å²) in [5.74, 6) is 0.928. The lowest BCUT2D eigenvalue weighted by Gasteiger charge is -2.04. The van der Waals surface area contributed by atoms with Crippen LogP contribution in [-0.4, -0.2) is 27.3 Å². The van der Waals surface area contributed by atoms with Crippen LogP contribution in [0.1, 0.15) is 0 Å². The van der Waals surface area contributed by atoms with Gasteiger partial charge in [-0.2, -0.15) is 5.10 Å². The Morgan fingerprint density at radius 2 is 2.22 bits per heavy atom. The minimum Gasteiger partial charge on any atom is -0.496 e. The summed E-state index contributed by atoms with van der Waals surface area (Å²) in [6.07, 6.45) is 3.43. The fourth-order valence-corrected chi connectivity index (χ4v) is 1.97. The van der Waals surface area contributed by atoms with Gasteiger partial charge in [-0.25, -0.2) is 4.98 Å². The molecule has 18 heavy (non-hydrogen) atoms. The third-order valence-electron chi connectivity index (χ3n) is 2.74. The normalized spacial score (nSPS) is 10.7. The molecule has 0 aliphatic carbocycles. The molecule has 0 atom stereocenters. The highest BCUT2D eigenvalue weighted by Gasteiger charge is 2.12. The Morgan fingerprint density at radius 1 is 1.33 bits per heavy atom. The number of nitrogens with two attached hydrogens (primary N) is 1. The van der Waals surface area contributed by atoms with Crippen molar-refractivity contribution < 1.29 is 4.74 Å². The molecule has 3 rings (SSSR count). The van der Waals surface area contributed by atoms with Gasteiger partial charge in [-0.05, 0) is 12.1 Å². The molecule has 0 radical (unpaired) electrons. The van der Waals surface area contributed by atoms with Gasteiger partial charge in [0.2, 0.25) is 5.95 Å². The molecular weight excluding hydrogens is 230 g/mol. The zero-order valence-electron chi connectivity index (χ0n) is 9.71. The standard InChI is InChI=1S/C12H11N5O/c1-18-10-4-2-3-8-11(10)7(5-14-8)9-6-15-17-12(13)16-9/h2-6,14H,1H3,(H2,13,16,17). The van der Waals surface area contributed by atoms with Crippen LogP contribution in [0.3, 0.4) is 0 Å². The SMILES string of the molecule is COc1cccc2[nH]cc(-c3cnnc(N)n3)c12. The first-order valence-electron chi connectivity index (χ1n) is 5.39. The Labute approximate surface area is 103 Å². The van der Waals surface area contributed by atoms with Crippen LogP contribution in [0, 0.1) is 0 Å². The maximum atomic E-state index is 5.55. The number of aromatic amines is 1. The number of nitrogens with zero attached hydrogens (tertiary/aromatic N) is 3. The Bertz CT molecular complexity index is 707. The van der Waals surface area contributed by atoms with E-state index in [0.717, 1.165) is 22.2 Å². The van der Waals surface area contributed by atoms with Crippen molar-refractivity contribution in [3.63, 3.8) is 0 Å². The van der Waals surface area contributed by atoms with Crippen molar-refractivity contribution in [2.24, 2.45) is 0 Å². The smallest absolute Gasteiger partial charge is 0.240 e. The first-order valence-corrected chi connectivity index (χ1v) is 5.39. The third kappa shape index (κ3) is 1.55. The number of nitrogens with one attached hydrogen (secondary N) is 1. The molecule has 6 heteroatoms. The minimum absolute atomic E-state index is 0.150. The number of hydrogen-bond acceptors (Lipinski definition) is 5. The molecule has 0 amide bonds. The third-order valence-corrected chi connectivity index (χ3v) is 2.74. The fourth-order valence-electron chi connectivity index (χ4n) is 1.97. The van der Waals surface area contributed by atoms with E-state index < -0.39 is 0 Å². The van der Waals surface area contributed by atoms with Gasteiger partial charge in [-0.1, -0.05) is 6.07 Å². The van der Waals surface area contributed by atoms with Crippen molar-refractivity contribution in [2.45, 2.75) is 0 Å². The van der Waals surface area contributed by atoms with Crippen molar-refractivity contribution in [1.29, 1.82) is 0 Å². The van der Waals surface area contributed by atoms with Gasteiger partial charge in [-0.3, -0.25) is 0 Å². The van der Waals surface area contributed by atoms with E-state index in [4.69, 9.17) is 10.5 Å². The Kier molecular flexibility index (Phi) is 2.33. The number of nitrogen functional groups attached to an aromatic ring is 1. The Hall–Kier alpha value is -2.63. The molecule has 0 saturated carbocycles. The van der Waals surface area contributed by atoms with E-state index in [1.165, 1.54) is 0 Å². The van der Waals surface area contributed by atoms with Crippen molar-refractivity contribution in [1.82, 2.24) is 20.2 Å². The second-order valence-electron chi connectivity index (χ2n) is 3.78. The van der Waals surface area contributed by atoms with E-state index in [1.54, 1.807) is 13.3 Å². The van der Waals surface area contributed by atoms with Gasteiger partial charge in [0.05, 0.1) is 24.4 Å². The van der Waals surface area contributed by atoms with Gasteiger partial charge in [-0.15, -0.1) is 5.10 Å². The molecule has 90 valence electrons. The van der Waals surface area contributed by atoms with E-state index in [-0.39, 0.29) is 5.95 Å². The highest BCUT2D eigenvalue weighted by Crippen LogP contribution is 2.33. The van der Waals surface area contributed by atoms with Crippen LogP contribution >= 0.6 is 0 Å². The first-order chi connectivity index (χ1) is 8.79. The van der Waals surface area contributed by atoms with Crippen LogP contribution in [0.4, 0.5) is 5.95 Å². The summed E-state index contributed by atoms with van der Waals surface area (Å²) in [5, 5.41) is 8.42. The molecule has 0 unspecified atom stereocenters. The van der Waals surface area contributed by atoms with Gasteiger partial charge < -0.3 is 15.5 Å². The van der Waals surface area contributed by atoms with Crippen LogP contribution in [0.25, 0.3) is 22.2 Å². The molecule has 3 aromatic rings. The van der Waals surface area contributed by atoms with Gasteiger partial charge in [0.15, 0.2) is 0 Å². The van der Waals surface area contributed by atoms with Crippen LogP contribution < -0.4 is 10.5 Å². The maximum absolute atomic E-state index is 5.55. The summed E-state index contributed by atoms with van der Waals surface area (Å²) in [6, 6.07) is 5.80. The number of H-pyrrole nitrogens is 1. The molecule has 0 fully saturated rings. The number of aromatic nitrogens is 4. The topological polar surface area (TPSA) is 89.7 Å². The number of fused-ring (bicyclic) bond motifs is 1. The number of hydrogen-bond donors (Lipinski definition) is 2. The van der Waals surface area contributed by atoms with Crippen molar-refractivity contribution in [2.75, 3.05) is 12.8 Å². The summed E-state index contributed by atoms with van der Waals surface area (Å²) >= 11 is 0. The minimum atomic E-state index is 0.150. The predicted molar refractivity (Wildman–Crippen MR) is 68.1 cm³/mol. The van der Waals surface area contributed by atoms with Gasteiger partial charge in [0.25, 0.3) is 0 Å². The number of benzene rings is 1. The summed E-state index contributed by atoms with van der Waals surface area (Å²) in [5.41, 5.74) is 8.08. The summed E-state index contributed by atoms with van der Waals surface area (Å²) in [7, 11) is 1.64. The van der Waals surface area contributed by atoms with E-state index in [9.17, 15) is 0 Å². The molecule has 0 bridgehead atoms. The van der Waals surface area contributed by atoms with Crippen molar-refractivity contribution in [3.05, 3.63) is 30.6 Å². The van der Waals surface area contributed by atoms with Crippen LogP contribution in [0.15, 0.2) is 30.6 Å². The lowest BCUT2D eigenvalue weighted by molar-refractivity contribution is 0.420. The van der Waals surface area contributed by atoms with E-state index >= 15 is 0 Å². The quantitative estimate of drug-likeness (QED) is 0.711. The number of rotatable bonds is 2. The van der Waals surface area contributed by atoms with Crippen LogP contribution in [0.2, 0.25) is 0 Å². The van der Waals surface area contributed by atoms with E-state index in [1.807, 2.05) is 24.4 Å². The average molecular weight is 241 g/mol. The van der Waals surface area contributed by atoms with E-state index in [0.29, 0.717) is 5.69 Å².